The number of thiophene rings is 1. The molecule has 0 radical (unpaired) electrons. The van der Waals surface area contributed by atoms with Crippen LogP contribution in [0, 0.1) is 0 Å². The number of rotatable bonds is 9. The van der Waals surface area contributed by atoms with Crippen molar-refractivity contribution in [3.8, 4) is 0 Å². The first-order chi connectivity index (χ1) is 18.5. The van der Waals surface area contributed by atoms with Gasteiger partial charge in [-0.1, -0.05) is 72.6 Å². The highest BCUT2D eigenvalue weighted by Crippen LogP contribution is 2.17. The lowest BCUT2D eigenvalue weighted by Gasteiger charge is -2.18. The van der Waals surface area contributed by atoms with E-state index < -0.39 is 0 Å². The lowest BCUT2D eigenvalue weighted by Crippen LogP contribution is -2.40. The number of amides is 1. The van der Waals surface area contributed by atoms with E-state index in [0.717, 1.165) is 41.8 Å². The van der Waals surface area contributed by atoms with Gasteiger partial charge in [0.15, 0.2) is 5.84 Å². The summed E-state index contributed by atoms with van der Waals surface area (Å²) in [6.45, 7) is 1.96. The second-order valence-electron chi connectivity index (χ2n) is 8.50. The molecule has 0 saturated carbocycles. The number of likely N-dealkylation sites (N-methyl/N-ethyl adjacent to an activating group) is 1. The van der Waals surface area contributed by atoms with E-state index in [0.29, 0.717) is 18.9 Å². The summed E-state index contributed by atoms with van der Waals surface area (Å²) < 4.78 is 2.75. The Balaban J connectivity index is 0.000000230. The topological polar surface area (TPSA) is 126 Å². The Labute approximate surface area is 234 Å². The van der Waals surface area contributed by atoms with Crippen molar-refractivity contribution in [3.63, 3.8) is 0 Å². The second kappa shape index (κ2) is 18.1. The van der Waals surface area contributed by atoms with E-state index in [1.54, 1.807) is 0 Å². The van der Waals surface area contributed by atoms with Gasteiger partial charge in [-0.3, -0.25) is 14.4 Å². The summed E-state index contributed by atoms with van der Waals surface area (Å²) >= 11 is 2.93. The third-order valence-corrected chi connectivity index (χ3v) is 7.28. The molecule has 0 spiro atoms. The van der Waals surface area contributed by atoms with Gasteiger partial charge in [0.05, 0.1) is 24.0 Å². The van der Waals surface area contributed by atoms with Crippen molar-refractivity contribution in [2.45, 2.75) is 31.8 Å². The highest BCUT2D eigenvalue weighted by Gasteiger charge is 2.27. The number of hydrogen-bond donors (Lipinski definition) is 4. The third-order valence-electron chi connectivity index (χ3n) is 5.72. The molecule has 0 aliphatic carbocycles. The maximum Gasteiger partial charge on any atom is 0.237 e. The lowest BCUT2D eigenvalue weighted by atomic mass is 10.1. The molecule has 0 bridgehead atoms. The zero-order valence-corrected chi connectivity index (χ0v) is 23.6. The molecule has 1 aliphatic heterocycles. The first-order valence-corrected chi connectivity index (χ1v) is 14.4. The number of nitrogens with zero attached hydrogens (tertiary/aromatic N) is 2. The largest absolute Gasteiger partial charge is 0.381 e. The number of hydrogen-bond acceptors (Lipinski definition) is 8. The maximum absolute atomic E-state index is 12.0. The van der Waals surface area contributed by atoms with E-state index >= 15 is 0 Å². The van der Waals surface area contributed by atoms with Gasteiger partial charge in [-0.2, -0.15) is 5.10 Å². The van der Waals surface area contributed by atoms with Crippen LogP contribution in [0.5, 0.6) is 0 Å². The molecule has 1 aliphatic rings. The fourth-order valence-corrected chi connectivity index (χ4v) is 4.84. The highest BCUT2D eigenvalue weighted by atomic mass is 32.2. The zero-order valence-electron chi connectivity index (χ0n) is 22.0. The summed E-state index contributed by atoms with van der Waals surface area (Å²) in [6.07, 6.45) is 5.76. The SMILES string of the molecule is CN1CCCC1C(=O)NCc1ccc(/C(N)=N/N)s1.CSNCC=O.c1ccc(Cc2ccccc2)cc1. The smallest absolute Gasteiger partial charge is 0.237 e. The maximum atomic E-state index is 12.0. The number of carbonyl (C=O) groups is 2. The van der Waals surface area contributed by atoms with Gasteiger partial charge in [-0.25, -0.2) is 0 Å². The Morgan fingerprint density at radius 1 is 1.11 bits per heavy atom. The normalized spacial score (nSPS) is 15.0. The molecule has 1 aromatic heterocycles. The molecule has 8 nitrogen and oxygen atoms in total. The number of aldehydes is 1. The Morgan fingerprint density at radius 3 is 2.21 bits per heavy atom. The quantitative estimate of drug-likeness (QED) is 0.0608. The van der Waals surface area contributed by atoms with E-state index in [4.69, 9.17) is 11.6 Å². The van der Waals surface area contributed by atoms with Crippen LogP contribution in [-0.4, -0.2) is 55.4 Å². The first-order valence-electron chi connectivity index (χ1n) is 12.4. The molecule has 3 aromatic rings. The molecule has 1 saturated heterocycles. The molecule has 6 N–H and O–H groups in total. The van der Waals surface area contributed by atoms with E-state index in [1.165, 1.54) is 34.4 Å². The van der Waals surface area contributed by atoms with E-state index in [-0.39, 0.29) is 11.9 Å². The summed E-state index contributed by atoms with van der Waals surface area (Å²) in [5, 5.41) is 6.41. The monoisotopic (exact) mass is 554 g/mol. The number of carbonyl (C=O) groups excluding carboxylic acids is 2. The van der Waals surface area contributed by atoms with Gasteiger partial charge in [-0.05, 0) is 62.4 Å². The average Bonchev–Trinajstić information content (AvgIpc) is 3.61. The van der Waals surface area contributed by atoms with Crippen LogP contribution < -0.4 is 21.6 Å². The second-order valence-corrected chi connectivity index (χ2v) is 10.4. The van der Waals surface area contributed by atoms with Crippen LogP contribution in [-0.2, 0) is 22.6 Å². The minimum absolute atomic E-state index is 0.00936. The van der Waals surface area contributed by atoms with Crippen molar-refractivity contribution in [1.29, 1.82) is 0 Å². The van der Waals surface area contributed by atoms with Crippen molar-refractivity contribution in [2.75, 3.05) is 26.4 Å². The molecule has 2 heterocycles. The number of hydrazone groups is 1. The average molecular weight is 555 g/mol. The van der Waals surface area contributed by atoms with Crippen molar-refractivity contribution in [2.24, 2.45) is 16.7 Å². The van der Waals surface area contributed by atoms with Crippen LogP contribution in [0.4, 0.5) is 0 Å². The predicted molar refractivity (Wildman–Crippen MR) is 160 cm³/mol. The zero-order chi connectivity index (χ0) is 27.6. The van der Waals surface area contributed by atoms with Gasteiger partial charge in [-0.15, -0.1) is 11.3 Å². The van der Waals surface area contributed by atoms with Crippen LogP contribution in [0.1, 0.15) is 33.7 Å². The minimum atomic E-state index is 0.00936. The molecule has 1 amide bonds. The molecule has 204 valence electrons. The van der Waals surface area contributed by atoms with E-state index in [2.05, 4.69) is 80.7 Å². The van der Waals surface area contributed by atoms with Crippen LogP contribution in [0.3, 0.4) is 0 Å². The first kappa shape index (κ1) is 31.0. The summed E-state index contributed by atoms with van der Waals surface area (Å²) in [6, 6.07) is 24.9. The lowest BCUT2D eigenvalue weighted by molar-refractivity contribution is -0.125. The molecule has 10 heteroatoms. The number of likely N-dealkylation sites (tertiary alicyclic amines) is 1. The molecule has 2 aromatic carbocycles. The van der Waals surface area contributed by atoms with Crippen molar-refractivity contribution in [3.05, 3.63) is 93.7 Å². The molecule has 1 unspecified atom stereocenters. The van der Waals surface area contributed by atoms with Gasteiger partial charge in [0.1, 0.15) is 6.29 Å². The van der Waals surface area contributed by atoms with E-state index in [1.807, 2.05) is 25.4 Å². The number of nitrogens with two attached hydrogens (primary N) is 2. The summed E-state index contributed by atoms with van der Waals surface area (Å²) in [4.78, 5) is 25.5. The van der Waals surface area contributed by atoms with Gasteiger partial charge < -0.3 is 21.7 Å². The Morgan fingerprint density at radius 2 is 1.74 bits per heavy atom. The third kappa shape index (κ3) is 11.5. The standard InChI is InChI=1S/C13H12.C12H19N5OS.C3H7NOS/c1-3-7-12(8-4-1)11-13-9-5-2-6-10-13;1-17-6-2-3-9(17)12(18)15-7-8-4-5-10(19-8)11(13)16-14;1-6-4-2-3-5/h1-10H,11H2;4-5,9H,2-3,6-7,14H2,1H3,(H2,13,16)(H,15,18);3-4H,2H2,1H3. The summed E-state index contributed by atoms with van der Waals surface area (Å²) in [5.74, 6) is 5.54. The summed E-state index contributed by atoms with van der Waals surface area (Å²) in [5.41, 5.74) is 8.36. The minimum Gasteiger partial charge on any atom is -0.381 e. The van der Waals surface area contributed by atoms with Crippen molar-refractivity contribution < 1.29 is 9.59 Å². The van der Waals surface area contributed by atoms with Gasteiger partial charge in [0, 0.05) is 4.88 Å². The van der Waals surface area contributed by atoms with Crippen LogP contribution >= 0.6 is 23.3 Å². The van der Waals surface area contributed by atoms with Crippen molar-refractivity contribution in [1.82, 2.24) is 14.9 Å². The summed E-state index contributed by atoms with van der Waals surface area (Å²) in [7, 11) is 1.99. The fourth-order valence-electron chi connectivity index (χ4n) is 3.75. The molecular weight excluding hydrogens is 516 g/mol. The van der Waals surface area contributed by atoms with Crippen LogP contribution in [0.2, 0.25) is 0 Å². The molecule has 38 heavy (non-hydrogen) atoms. The molecule has 1 fully saturated rings. The van der Waals surface area contributed by atoms with Gasteiger partial charge in [0.25, 0.3) is 0 Å². The number of benzene rings is 2. The predicted octanol–water partition coefficient (Wildman–Crippen LogP) is 3.37. The molecular formula is C28H38N6O2S2. The van der Waals surface area contributed by atoms with Crippen LogP contribution in [0.15, 0.2) is 77.9 Å². The Bertz CT molecular complexity index is 1070. The van der Waals surface area contributed by atoms with Gasteiger partial charge in [0.2, 0.25) is 5.91 Å². The number of amidine groups is 1. The van der Waals surface area contributed by atoms with Gasteiger partial charge >= 0.3 is 0 Å². The number of nitrogens with one attached hydrogen (secondary N) is 2. The Kier molecular flexibility index (Phi) is 14.8. The molecule has 1 atom stereocenters. The van der Waals surface area contributed by atoms with E-state index in [9.17, 15) is 9.59 Å². The molecule has 4 rings (SSSR count). The fraction of sp³-hybridized carbons (Fsp3) is 0.321. The Hall–Kier alpha value is -3.18. The van der Waals surface area contributed by atoms with Crippen LogP contribution in [0.25, 0.3) is 0 Å². The van der Waals surface area contributed by atoms with Crippen molar-refractivity contribution >= 4 is 41.3 Å². The highest BCUT2D eigenvalue weighted by molar-refractivity contribution is 7.96.